The fourth-order valence-corrected chi connectivity index (χ4v) is 2.63. The Hall–Kier alpha value is -1.53. The number of thioether (sulfide) groups is 1. The van der Waals surface area contributed by atoms with Gasteiger partial charge in [-0.2, -0.15) is 0 Å². The molecule has 1 atom stereocenters. The van der Waals surface area contributed by atoms with Crippen LogP contribution < -0.4 is 15.4 Å². The number of hydrogen-bond acceptors (Lipinski definition) is 5. The first-order valence-electron chi connectivity index (χ1n) is 6.01. The molecule has 19 heavy (non-hydrogen) atoms. The standard InChI is InChI=1S/C13H16N2O3S/c1-9-3-2-4-10(5-9)18-12(16)6-14-13(17)11-7-19-8-15-11/h2-5,11,15H,6-8H2,1H3,(H,14,17). The van der Waals surface area contributed by atoms with Gasteiger partial charge in [0.15, 0.2) is 0 Å². The minimum atomic E-state index is -0.468. The van der Waals surface area contributed by atoms with E-state index in [4.69, 9.17) is 4.74 Å². The van der Waals surface area contributed by atoms with Crippen LogP contribution in [0.3, 0.4) is 0 Å². The Morgan fingerprint density at radius 3 is 3.05 bits per heavy atom. The highest BCUT2D eigenvalue weighted by Crippen LogP contribution is 2.12. The third-order valence-electron chi connectivity index (χ3n) is 2.66. The Morgan fingerprint density at radius 2 is 2.37 bits per heavy atom. The monoisotopic (exact) mass is 280 g/mol. The molecular weight excluding hydrogens is 264 g/mol. The van der Waals surface area contributed by atoms with Gasteiger partial charge in [-0.15, -0.1) is 11.8 Å². The summed E-state index contributed by atoms with van der Waals surface area (Å²) < 4.78 is 5.13. The lowest BCUT2D eigenvalue weighted by Crippen LogP contribution is -2.44. The maximum atomic E-state index is 11.7. The lowest BCUT2D eigenvalue weighted by atomic mass is 10.2. The molecule has 1 aliphatic heterocycles. The number of hydrogen-bond donors (Lipinski definition) is 2. The van der Waals surface area contributed by atoms with Gasteiger partial charge >= 0.3 is 5.97 Å². The fraction of sp³-hybridized carbons (Fsp3) is 0.385. The number of carbonyl (C=O) groups is 2. The van der Waals surface area contributed by atoms with E-state index in [1.165, 1.54) is 0 Å². The summed E-state index contributed by atoms with van der Waals surface area (Å²) >= 11 is 1.66. The SMILES string of the molecule is Cc1cccc(OC(=O)CNC(=O)C2CSCN2)c1. The van der Waals surface area contributed by atoms with Crippen LogP contribution in [0.5, 0.6) is 5.75 Å². The van der Waals surface area contributed by atoms with Gasteiger partial charge in [-0.05, 0) is 24.6 Å². The first kappa shape index (κ1) is 13.9. The number of ether oxygens (including phenoxy) is 1. The van der Waals surface area contributed by atoms with Crippen molar-refractivity contribution in [3.05, 3.63) is 29.8 Å². The number of benzene rings is 1. The molecule has 2 N–H and O–H groups in total. The van der Waals surface area contributed by atoms with Crippen LogP contribution in [0.2, 0.25) is 0 Å². The van der Waals surface area contributed by atoms with Crippen molar-refractivity contribution in [3.8, 4) is 5.75 Å². The highest BCUT2D eigenvalue weighted by molar-refractivity contribution is 7.99. The van der Waals surface area contributed by atoms with Gasteiger partial charge in [0.2, 0.25) is 5.91 Å². The maximum absolute atomic E-state index is 11.7. The van der Waals surface area contributed by atoms with Crippen molar-refractivity contribution >= 4 is 23.6 Å². The van der Waals surface area contributed by atoms with Crippen molar-refractivity contribution in [1.29, 1.82) is 0 Å². The third kappa shape index (κ3) is 4.25. The molecule has 1 heterocycles. The number of nitrogens with one attached hydrogen (secondary N) is 2. The molecule has 0 radical (unpaired) electrons. The first-order valence-corrected chi connectivity index (χ1v) is 7.17. The maximum Gasteiger partial charge on any atom is 0.330 e. The molecule has 5 nitrogen and oxygen atoms in total. The van der Waals surface area contributed by atoms with Gasteiger partial charge in [0, 0.05) is 11.6 Å². The molecule has 2 rings (SSSR count). The van der Waals surface area contributed by atoms with Gasteiger partial charge in [-0.25, -0.2) is 4.79 Å². The van der Waals surface area contributed by atoms with Crippen molar-refractivity contribution in [1.82, 2.24) is 10.6 Å². The van der Waals surface area contributed by atoms with E-state index in [2.05, 4.69) is 10.6 Å². The van der Waals surface area contributed by atoms with E-state index in [-0.39, 0.29) is 18.5 Å². The van der Waals surface area contributed by atoms with E-state index in [1.54, 1.807) is 23.9 Å². The van der Waals surface area contributed by atoms with Gasteiger partial charge in [-0.1, -0.05) is 12.1 Å². The molecule has 1 aromatic carbocycles. The molecule has 0 saturated carbocycles. The summed E-state index contributed by atoms with van der Waals surface area (Å²) in [6.45, 7) is 1.80. The van der Waals surface area contributed by atoms with Crippen LogP contribution in [0, 0.1) is 6.92 Å². The summed E-state index contributed by atoms with van der Waals surface area (Å²) in [7, 11) is 0. The topological polar surface area (TPSA) is 67.4 Å². The van der Waals surface area contributed by atoms with Gasteiger partial charge in [0.25, 0.3) is 0 Å². The second-order valence-electron chi connectivity index (χ2n) is 4.28. The molecule has 1 unspecified atom stereocenters. The Kier molecular flexibility index (Phi) is 4.81. The largest absolute Gasteiger partial charge is 0.425 e. The Morgan fingerprint density at radius 1 is 1.53 bits per heavy atom. The Labute approximate surface area is 116 Å². The van der Waals surface area contributed by atoms with E-state index in [0.29, 0.717) is 5.75 Å². The van der Waals surface area contributed by atoms with E-state index >= 15 is 0 Å². The molecule has 0 spiro atoms. The number of esters is 1. The minimum absolute atomic E-state index is 0.115. The van der Waals surface area contributed by atoms with Crippen LogP contribution in [-0.4, -0.2) is 36.1 Å². The number of amides is 1. The van der Waals surface area contributed by atoms with Gasteiger partial charge in [-0.3, -0.25) is 10.1 Å². The van der Waals surface area contributed by atoms with Crippen molar-refractivity contribution in [2.24, 2.45) is 0 Å². The Bertz CT molecular complexity index is 473. The predicted molar refractivity (Wildman–Crippen MR) is 74.1 cm³/mol. The summed E-state index contributed by atoms with van der Waals surface area (Å²) in [6.07, 6.45) is 0. The normalized spacial score (nSPS) is 18.1. The molecule has 0 aromatic heterocycles. The molecule has 1 amide bonds. The highest BCUT2D eigenvalue weighted by Gasteiger charge is 2.22. The summed E-state index contributed by atoms with van der Waals surface area (Å²) in [5, 5.41) is 5.61. The molecular formula is C13H16N2O3S. The van der Waals surface area contributed by atoms with Crippen LogP contribution in [-0.2, 0) is 9.59 Å². The zero-order chi connectivity index (χ0) is 13.7. The quantitative estimate of drug-likeness (QED) is 0.627. The lowest BCUT2D eigenvalue weighted by Gasteiger charge is -2.10. The molecule has 6 heteroatoms. The summed E-state index contributed by atoms with van der Waals surface area (Å²) in [4.78, 5) is 23.2. The van der Waals surface area contributed by atoms with E-state index in [0.717, 1.165) is 17.2 Å². The second kappa shape index (κ2) is 6.58. The van der Waals surface area contributed by atoms with E-state index in [1.807, 2.05) is 19.1 Å². The van der Waals surface area contributed by atoms with Crippen molar-refractivity contribution in [3.63, 3.8) is 0 Å². The van der Waals surface area contributed by atoms with E-state index < -0.39 is 5.97 Å². The average molecular weight is 280 g/mol. The highest BCUT2D eigenvalue weighted by atomic mass is 32.2. The van der Waals surface area contributed by atoms with Gasteiger partial charge in [0.05, 0.1) is 6.04 Å². The molecule has 1 aromatic rings. The molecule has 0 aliphatic carbocycles. The zero-order valence-electron chi connectivity index (χ0n) is 10.6. The van der Waals surface area contributed by atoms with Crippen molar-refractivity contribution < 1.29 is 14.3 Å². The van der Waals surface area contributed by atoms with Crippen LogP contribution in [0.15, 0.2) is 24.3 Å². The van der Waals surface area contributed by atoms with Crippen LogP contribution >= 0.6 is 11.8 Å². The second-order valence-corrected chi connectivity index (χ2v) is 5.31. The fourth-order valence-electron chi connectivity index (χ4n) is 1.69. The summed E-state index contributed by atoms with van der Waals surface area (Å²) in [5.74, 6) is 1.37. The zero-order valence-corrected chi connectivity index (χ0v) is 11.5. The smallest absolute Gasteiger partial charge is 0.330 e. The van der Waals surface area contributed by atoms with Crippen molar-refractivity contribution in [2.45, 2.75) is 13.0 Å². The van der Waals surface area contributed by atoms with Crippen molar-refractivity contribution in [2.75, 3.05) is 18.2 Å². The number of rotatable bonds is 4. The van der Waals surface area contributed by atoms with Crippen LogP contribution in [0.4, 0.5) is 0 Å². The Balaban J connectivity index is 1.76. The molecule has 1 saturated heterocycles. The summed E-state index contributed by atoms with van der Waals surface area (Å²) in [6, 6.07) is 7.01. The number of carbonyl (C=O) groups excluding carboxylic acids is 2. The van der Waals surface area contributed by atoms with Gasteiger partial charge in [0.1, 0.15) is 12.3 Å². The third-order valence-corrected chi connectivity index (χ3v) is 3.60. The first-order chi connectivity index (χ1) is 9.15. The molecule has 1 fully saturated rings. The van der Waals surface area contributed by atoms with Crippen LogP contribution in [0.1, 0.15) is 5.56 Å². The predicted octanol–water partition coefficient (Wildman–Crippen LogP) is 0.679. The molecule has 102 valence electrons. The minimum Gasteiger partial charge on any atom is -0.425 e. The van der Waals surface area contributed by atoms with E-state index in [9.17, 15) is 9.59 Å². The number of aryl methyl sites for hydroxylation is 1. The molecule has 1 aliphatic rings. The summed E-state index contributed by atoms with van der Waals surface area (Å²) in [5.41, 5.74) is 1.02. The van der Waals surface area contributed by atoms with Gasteiger partial charge < -0.3 is 10.1 Å². The average Bonchev–Trinajstić information content (AvgIpc) is 2.90. The lowest BCUT2D eigenvalue weighted by molar-refractivity contribution is -0.135. The van der Waals surface area contributed by atoms with Crippen LogP contribution in [0.25, 0.3) is 0 Å². The molecule has 0 bridgehead atoms.